The minimum Gasteiger partial charge on any atom is -0.326 e. The summed E-state index contributed by atoms with van der Waals surface area (Å²) in [6.07, 6.45) is 0. The quantitative estimate of drug-likeness (QED) is 0.881. The van der Waals surface area contributed by atoms with Crippen LogP contribution in [0.1, 0.15) is 17.8 Å². The lowest BCUT2D eigenvalue weighted by atomic mass is 10.1. The van der Waals surface area contributed by atoms with Gasteiger partial charge in [-0.05, 0) is 18.4 Å². The lowest BCUT2D eigenvalue weighted by Gasteiger charge is -2.36. The average Bonchev–Trinajstić information content (AvgIpc) is 2.72. The van der Waals surface area contributed by atoms with E-state index in [9.17, 15) is 0 Å². The molecular formula is C11H18N2S2. The van der Waals surface area contributed by atoms with Gasteiger partial charge >= 0.3 is 0 Å². The van der Waals surface area contributed by atoms with Crippen LogP contribution in [0, 0.1) is 0 Å². The second kappa shape index (κ2) is 5.34. The van der Waals surface area contributed by atoms with Gasteiger partial charge in [-0.15, -0.1) is 11.3 Å². The number of thiophene rings is 1. The molecule has 1 aromatic heterocycles. The molecule has 1 aliphatic heterocycles. The van der Waals surface area contributed by atoms with Gasteiger partial charge in [0, 0.05) is 35.5 Å². The molecule has 2 nitrogen and oxygen atoms in total. The molecule has 15 heavy (non-hydrogen) atoms. The van der Waals surface area contributed by atoms with Gasteiger partial charge in [-0.2, -0.15) is 11.8 Å². The topological polar surface area (TPSA) is 29.3 Å². The Balaban J connectivity index is 2.12. The van der Waals surface area contributed by atoms with Crippen molar-refractivity contribution in [1.82, 2.24) is 4.90 Å². The Morgan fingerprint density at radius 1 is 1.40 bits per heavy atom. The number of thioether (sulfide) groups is 1. The van der Waals surface area contributed by atoms with Crippen molar-refractivity contribution >= 4 is 23.1 Å². The van der Waals surface area contributed by atoms with E-state index in [4.69, 9.17) is 5.73 Å². The Bertz CT molecular complexity index is 279. The summed E-state index contributed by atoms with van der Waals surface area (Å²) in [5.74, 6) is 2.49. The van der Waals surface area contributed by atoms with Crippen molar-refractivity contribution in [3.05, 3.63) is 22.4 Å². The highest BCUT2D eigenvalue weighted by atomic mass is 32.2. The van der Waals surface area contributed by atoms with Gasteiger partial charge in [0.25, 0.3) is 0 Å². The maximum atomic E-state index is 6.12. The third-order valence-corrected chi connectivity index (χ3v) is 4.66. The standard InChI is InChI=1S/C11H18N2S2/c1-9(12)11(10-3-2-6-15-10)13-4-7-14-8-5-13/h2-3,6,9,11H,4-5,7-8,12H2,1H3. The highest BCUT2D eigenvalue weighted by molar-refractivity contribution is 7.99. The molecule has 0 bridgehead atoms. The molecule has 2 rings (SSSR count). The average molecular weight is 242 g/mol. The fourth-order valence-corrected chi connectivity index (χ4v) is 3.99. The molecule has 0 aromatic carbocycles. The minimum absolute atomic E-state index is 0.215. The van der Waals surface area contributed by atoms with E-state index < -0.39 is 0 Å². The van der Waals surface area contributed by atoms with Crippen LogP contribution >= 0.6 is 23.1 Å². The van der Waals surface area contributed by atoms with E-state index in [1.54, 1.807) is 0 Å². The van der Waals surface area contributed by atoms with Crippen LogP contribution in [0.2, 0.25) is 0 Å². The first-order chi connectivity index (χ1) is 7.29. The van der Waals surface area contributed by atoms with Gasteiger partial charge in [0.1, 0.15) is 0 Å². The fourth-order valence-electron chi connectivity index (χ4n) is 2.09. The monoisotopic (exact) mass is 242 g/mol. The summed E-state index contributed by atoms with van der Waals surface area (Å²) >= 11 is 3.87. The van der Waals surface area contributed by atoms with Crippen LogP contribution in [0.4, 0.5) is 0 Å². The predicted octanol–water partition coefficient (Wildman–Crippen LogP) is 2.19. The summed E-state index contributed by atoms with van der Waals surface area (Å²) in [5.41, 5.74) is 6.12. The highest BCUT2D eigenvalue weighted by Gasteiger charge is 2.25. The summed E-state index contributed by atoms with van der Waals surface area (Å²) in [7, 11) is 0. The molecule has 4 heteroatoms. The Morgan fingerprint density at radius 2 is 2.13 bits per heavy atom. The van der Waals surface area contributed by atoms with Crippen LogP contribution in [0.3, 0.4) is 0 Å². The van der Waals surface area contributed by atoms with E-state index >= 15 is 0 Å². The normalized spacial score (nSPS) is 22.5. The smallest absolute Gasteiger partial charge is 0.0591 e. The van der Waals surface area contributed by atoms with Gasteiger partial charge in [-0.25, -0.2) is 0 Å². The first kappa shape index (κ1) is 11.5. The van der Waals surface area contributed by atoms with Gasteiger partial charge < -0.3 is 5.73 Å². The van der Waals surface area contributed by atoms with Crippen LogP contribution in [-0.4, -0.2) is 35.5 Å². The SMILES string of the molecule is CC(N)C(c1cccs1)N1CCSCC1. The number of nitrogens with zero attached hydrogens (tertiary/aromatic N) is 1. The number of rotatable bonds is 3. The molecule has 0 radical (unpaired) electrons. The zero-order chi connectivity index (χ0) is 10.7. The summed E-state index contributed by atoms with van der Waals surface area (Å²) < 4.78 is 0. The van der Waals surface area contributed by atoms with Gasteiger partial charge in [0.15, 0.2) is 0 Å². The molecule has 2 heterocycles. The molecule has 1 aliphatic rings. The highest BCUT2D eigenvalue weighted by Crippen LogP contribution is 2.29. The Morgan fingerprint density at radius 3 is 2.67 bits per heavy atom. The third kappa shape index (κ3) is 2.75. The second-order valence-electron chi connectivity index (χ2n) is 3.97. The Kier molecular flexibility index (Phi) is 4.08. The largest absolute Gasteiger partial charge is 0.326 e. The van der Waals surface area contributed by atoms with Crippen molar-refractivity contribution in [2.75, 3.05) is 24.6 Å². The minimum atomic E-state index is 0.215. The fraction of sp³-hybridized carbons (Fsp3) is 0.636. The van der Waals surface area contributed by atoms with Crippen LogP contribution in [0.5, 0.6) is 0 Å². The molecule has 84 valence electrons. The van der Waals surface area contributed by atoms with Gasteiger partial charge in [-0.1, -0.05) is 6.07 Å². The van der Waals surface area contributed by atoms with Crippen LogP contribution < -0.4 is 5.73 Å². The zero-order valence-corrected chi connectivity index (χ0v) is 10.7. The molecule has 2 unspecified atom stereocenters. The molecule has 0 aliphatic carbocycles. The maximum Gasteiger partial charge on any atom is 0.0591 e. The Hall–Kier alpha value is -0.0300. The molecule has 2 atom stereocenters. The molecule has 1 aromatic rings. The molecule has 0 amide bonds. The summed E-state index contributed by atoms with van der Waals surface area (Å²) in [4.78, 5) is 3.95. The van der Waals surface area contributed by atoms with E-state index in [1.165, 1.54) is 29.5 Å². The van der Waals surface area contributed by atoms with Crippen molar-refractivity contribution in [2.24, 2.45) is 5.73 Å². The van der Waals surface area contributed by atoms with Crippen molar-refractivity contribution in [2.45, 2.75) is 19.0 Å². The molecule has 0 spiro atoms. The first-order valence-corrected chi connectivity index (χ1v) is 7.43. The van der Waals surface area contributed by atoms with Crippen LogP contribution in [-0.2, 0) is 0 Å². The van der Waals surface area contributed by atoms with Crippen molar-refractivity contribution < 1.29 is 0 Å². The maximum absolute atomic E-state index is 6.12. The van der Waals surface area contributed by atoms with E-state index in [-0.39, 0.29) is 6.04 Å². The van der Waals surface area contributed by atoms with Gasteiger partial charge in [-0.3, -0.25) is 4.90 Å². The van der Waals surface area contributed by atoms with E-state index in [0.717, 1.165) is 0 Å². The number of hydrogen-bond acceptors (Lipinski definition) is 4. The summed E-state index contributed by atoms with van der Waals surface area (Å²) in [6, 6.07) is 4.96. The molecule has 2 N–H and O–H groups in total. The summed E-state index contributed by atoms with van der Waals surface area (Å²) in [5, 5.41) is 2.14. The first-order valence-electron chi connectivity index (χ1n) is 5.40. The Labute approximate surface area is 99.8 Å². The van der Waals surface area contributed by atoms with Crippen molar-refractivity contribution in [1.29, 1.82) is 0 Å². The second-order valence-corrected chi connectivity index (χ2v) is 6.17. The van der Waals surface area contributed by atoms with E-state index in [2.05, 4.69) is 29.3 Å². The van der Waals surface area contributed by atoms with Crippen LogP contribution in [0.15, 0.2) is 17.5 Å². The lowest BCUT2D eigenvalue weighted by molar-refractivity contribution is 0.198. The molecule has 1 fully saturated rings. The lowest BCUT2D eigenvalue weighted by Crippen LogP contribution is -2.43. The van der Waals surface area contributed by atoms with Gasteiger partial charge in [0.05, 0.1) is 6.04 Å². The predicted molar refractivity (Wildman–Crippen MR) is 69.6 cm³/mol. The number of hydrogen-bond donors (Lipinski definition) is 1. The summed E-state index contributed by atoms with van der Waals surface area (Å²) in [6.45, 7) is 4.47. The zero-order valence-electron chi connectivity index (χ0n) is 9.06. The number of nitrogens with two attached hydrogens (primary N) is 1. The van der Waals surface area contributed by atoms with Crippen molar-refractivity contribution in [3.63, 3.8) is 0 Å². The third-order valence-electron chi connectivity index (χ3n) is 2.77. The molecule has 1 saturated heterocycles. The molecule has 0 saturated carbocycles. The van der Waals surface area contributed by atoms with E-state index in [1.807, 2.05) is 23.1 Å². The van der Waals surface area contributed by atoms with E-state index in [0.29, 0.717) is 6.04 Å². The van der Waals surface area contributed by atoms with Crippen molar-refractivity contribution in [3.8, 4) is 0 Å². The van der Waals surface area contributed by atoms with Gasteiger partial charge in [0.2, 0.25) is 0 Å². The molecular weight excluding hydrogens is 224 g/mol. The van der Waals surface area contributed by atoms with Crippen LogP contribution in [0.25, 0.3) is 0 Å².